The van der Waals surface area contributed by atoms with Crippen LogP contribution < -0.4 is 0 Å². The van der Waals surface area contributed by atoms with Gasteiger partial charge in [0.1, 0.15) is 0 Å². The van der Waals surface area contributed by atoms with Crippen LogP contribution in [0.5, 0.6) is 0 Å². The first kappa shape index (κ1) is 13.7. The van der Waals surface area contributed by atoms with E-state index in [2.05, 4.69) is 4.98 Å². The molecule has 1 aromatic heterocycles. The molecule has 0 aliphatic carbocycles. The molecule has 0 saturated carbocycles. The number of pyridine rings is 1. The van der Waals surface area contributed by atoms with Crippen LogP contribution in [0.15, 0.2) is 42.7 Å². The van der Waals surface area contributed by atoms with E-state index >= 15 is 0 Å². The molecule has 0 unspecified atom stereocenters. The molecule has 6 nitrogen and oxygen atoms in total. The summed E-state index contributed by atoms with van der Waals surface area (Å²) in [5, 5.41) is 11.2. The Morgan fingerprint density at radius 3 is 2.60 bits per heavy atom. The molecule has 1 aromatic carbocycles. The number of benzene rings is 1. The van der Waals surface area contributed by atoms with Crippen molar-refractivity contribution in [2.24, 2.45) is 0 Å². The summed E-state index contributed by atoms with van der Waals surface area (Å²) in [5.74, 6) is -0.581. The van der Waals surface area contributed by atoms with Gasteiger partial charge in [-0.25, -0.2) is 4.79 Å². The fourth-order valence-corrected chi connectivity index (χ4v) is 1.89. The molecule has 0 saturated heterocycles. The second-order valence-corrected chi connectivity index (χ2v) is 3.91. The molecular weight excluding hydrogens is 260 g/mol. The number of rotatable bonds is 4. The summed E-state index contributed by atoms with van der Waals surface area (Å²) < 4.78 is 4.95. The molecule has 1 heterocycles. The highest BCUT2D eigenvalue weighted by Crippen LogP contribution is 2.33. The van der Waals surface area contributed by atoms with Gasteiger partial charge in [0, 0.05) is 18.5 Å². The van der Waals surface area contributed by atoms with Crippen molar-refractivity contribution in [3.63, 3.8) is 0 Å². The summed E-state index contributed by atoms with van der Waals surface area (Å²) in [6.07, 6.45) is 3.03. The van der Waals surface area contributed by atoms with Crippen LogP contribution in [0.2, 0.25) is 0 Å². The molecule has 0 bridgehead atoms. The second kappa shape index (κ2) is 5.92. The highest BCUT2D eigenvalue weighted by molar-refractivity contribution is 6.00. The summed E-state index contributed by atoms with van der Waals surface area (Å²) in [5.41, 5.74) is 0.836. The lowest BCUT2D eigenvalue weighted by atomic mass is 9.98. The summed E-state index contributed by atoms with van der Waals surface area (Å²) in [6, 6.07) is 7.57. The minimum absolute atomic E-state index is 0.137. The highest BCUT2D eigenvalue weighted by atomic mass is 16.6. The zero-order chi connectivity index (χ0) is 14.5. The monoisotopic (exact) mass is 272 g/mol. The van der Waals surface area contributed by atoms with Crippen LogP contribution in [-0.2, 0) is 4.74 Å². The first-order valence-electron chi connectivity index (χ1n) is 6.00. The Hall–Kier alpha value is -2.76. The Labute approximate surface area is 115 Å². The Morgan fingerprint density at radius 2 is 2.00 bits per heavy atom. The van der Waals surface area contributed by atoms with Crippen molar-refractivity contribution >= 4 is 11.7 Å². The smallest absolute Gasteiger partial charge is 0.339 e. The molecule has 2 rings (SSSR count). The largest absolute Gasteiger partial charge is 0.462 e. The molecule has 20 heavy (non-hydrogen) atoms. The zero-order valence-corrected chi connectivity index (χ0v) is 10.8. The summed E-state index contributed by atoms with van der Waals surface area (Å²) in [4.78, 5) is 26.5. The van der Waals surface area contributed by atoms with Crippen molar-refractivity contribution in [1.82, 2.24) is 4.98 Å². The highest BCUT2D eigenvalue weighted by Gasteiger charge is 2.23. The van der Waals surface area contributed by atoms with Gasteiger partial charge >= 0.3 is 5.97 Å². The minimum Gasteiger partial charge on any atom is -0.462 e. The van der Waals surface area contributed by atoms with Gasteiger partial charge in [-0.1, -0.05) is 6.07 Å². The van der Waals surface area contributed by atoms with Gasteiger partial charge in [-0.05, 0) is 30.7 Å². The first-order chi connectivity index (χ1) is 9.65. The minimum atomic E-state index is -0.581. The third kappa shape index (κ3) is 2.64. The second-order valence-electron chi connectivity index (χ2n) is 3.91. The van der Waals surface area contributed by atoms with E-state index in [4.69, 9.17) is 4.74 Å². The van der Waals surface area contributed by atoms with E-state index in [-0.39, 0.29) is 23.4 Å². The van der Waals surface area contributed by atoms with Crippen LogP contribution in [0.3, 0.4) is 0 Å². The molecule has 0 N–H and O–H groups in total. The van der Waals surface area contributed by atoms with Crippen LogP contribution in [-0.4, -0.2) is 22.5 Å². The number of nitro benzene ring substituents is 1. The first-order valence-corrected chi connectivity index (χ1v) is 6.00. The maximum Gasteiger partial charge on any atom is 0.339 e. The SMILES string of the molecule is CCOC(=O)c1cccc([N+](=O)[O-])c1-c1ccncc1. The molecule has 0 radical (unpaired) electrons. The van der Waals surface area contributed by atoms with Gasteiger partial charge in [0.15, 0.2) is 0 Å². The van der Waals surface area contributed by atoms with E-state index in [1.807, 2.05) is 0 Å². The van der Waals surface area contributed by atoms with Crippen LogP contribution in [0.25, 0.3) is 11.1 Å². The number of hydrogen-bond acceptors (Lipinski definition) is 5. The van der Waals surface area contributed by atoms with Crippen LogP contribution in [0.4, 0.5) is 5.69 Å². The van der Waals surface area contributed by atoms with E-state index in [1.54, 1.807) is 19.1 Å². The predicted octanol–water partition coefficient (Wildman–Crippen LogP) is 2.83. The number of aromatic nitrogens is 1. The van der Waals surface area contributed by atoms with Gasteiger partial charge < -0.3 is 4.74 Å². The maximum absolute atomic E-state index is 12.0. The van der Waals surface area contributed by atoms with Gasteiger partial charge in [-0.15, -0.1) is 0 Å². The van der Waals surface area contributed by atoms with E-state index < -0.39 is 10.9 Å². The Morgan fingerprint density at radius 1 is 1.30 bits per heavy atom. The van der Waals surface area contributed by atoms with Gasteiger partial charge in [0.2, 0.25) is 0 Å². The number of esters is 1. The van der Waals surface area contributed by atoms with Crippen molar-refractivity contribution in [3.8, 4) is 11.1 Å². The van der Waals surface area contributed by atoms with E-state index in [0.717, 1.165) is 0 Å². The van der Waals surface area contributed by atoms with Gasteiger partial charge in [0.25, 0.3) is 5.69 Å². The van der Waals surface area contributed by atoms with Crippen molar-refractivity contribution in [2.75, 3.05) is 6.61 Å². The van der Waals surface area contributed by atoms with Crippen LogP contribution in [0.1, 0.15) is 17.3 Å². The van der Waals surface area contributed by atoms with Crippen molar-refractivity contribution in [2.45, 2.75) is 6.92 Å². The topological polar surface area (TPSA) is 82.3 Å². The normalized spacial score (nSPS) is 10.1. The molecule has 2 aromatic rings. The fraction of sp³-hybridized carbons (Fsp3) is 0.143. The molecule has 0 fully saturated rings. The van der Waals surface area contributed by atoms with Crippen LogP contribution in [0, 0.1) is 10.1 Å². The van der Waals surface area contributed by atoms with E-state index in [0.29, 0.717) is 5.56 Å². The van der Waals surface area contributed by atoms with E-state index in [9.17, 15) is 14.9 Å². The third-order valence-corrected chi connectivity index (χ3v) is 2.70. The zero-order valence-electron chi connectivity index (χ0n) is 10.8. The quantitative estimate of drug-likeness (QED) is 0.485. The number of carbonyl (C=O) groups is 1. The number of carbonyl (C=O) groups excluding carboxylic acids is 1. The molecule has 0 amide bonds. The summed E-state index contributed by atoms with van der Waals surface area (Å²) in [7, 11) is 0. The van der Waals surface area contributed by atoms with Crippen molar-refractivity contribution in [3.05, 3.63) is 58.4 Å². The lowest BCUT2D eigenvalue weighted by Gasteiger charge is -2.09. The number of nitro groups is 1. The molecular formula is C14H12N2O4. The molecule has 0 aliphatic heterocycles. The summed E-state index contributed by atoms with van der Waals surface area (Å²) >= 11 is 0. The van der Waals surface area contributed by atoms with Crippen molar-refractivity contribution < 1.29 is 14.5 Å². The Bertz CT molecular complexity index is 641. The molecule has 0 atom stereocenters. The van der Waals surface area contributed by atoms with E-state index in [1.165, 1.54) is 30.6 Å². The number of nitrogens with zero attached hydrogens (tertiary/aromatic N) is 2. The number of hydrogen-bond donors (Lipinski definition) is 0. The average molecular weight is 272 g/mol. The Balaban J connectivity index is 2.67. The molecule has 6 heteroatoms. The van der Waals surface area contributed by atoms with Gasteiger partial charge in [0.05, 0.1) is 22.7 Å². The lowest BCUT2D eigenvalue weighted by molar-refractivity contribution is -0.384. The standard InChI is InChI=1S/C14H12N2O4/c1-2-20-14(17)11-4-3-5-12(16(18)19)13(11)10-6-8-15-9-7-10/h3-9H,2H2,1H3. The van der Waals surface area contributed by atoms with Gasteiger partial charge in [-0.3, -0.25) is 15.1 Å². The summed E-state index contributed by atoms with van der Waals surface area (Å²) in [6.45, 7) is 1.89. The Kier molecular flexibility index (Phi) is 4.05. The average Bonchev–Trinajstić information content (AvgIpc) is 2.47. The molecule has 102 valence electrons. The van der Waals surface area contributed by atoms with Gasteiger partial charge in [-0.2, -0.15) is 0 Å². The van der Waals surface area contributed by atoms with Crippen molar-refractivity contribution in [1.29, 1.82) is 0 Å². The molecule has 0 aliphatic rings. The number of ether oxygens (including phenoxy) is 1. The lowest BCUT2D eigenvalue weighted by Crippen LogP contribution is -2.08. The fourth-order valence-electron chi connectivity index (χ4n) is 1.89. The molecule has 0 spiro atoms. The van der Waals surface area contributed by atoms with Crippen LogP contribution >= 0.6 is 0 Å². The predicted molar refractivity (Wildman–Crippen MR) is 72.3 cm³/mol. The maximum atomic E-state index is 12.0. The third-order valence-electron chi connectivity index (χ3n) is 2.70.